The first-order valence-electron chi connectivity index (χ1n) is 14.4. The molecule has 7 nitrogen and oxygen atoms in total. The molecule has 1 aliphatic carbocycles. The van der Waals surface area contributed by atoms with Gasteiger partial charge in [0.05, 0.1) is 18.3 Å². The molecule has 0 bridgehead atoms. The molecule has 0 spiro atoms. The standard InChI is InChI=1S/C31H41F2N3O4/c1-3-31(33,4-2)19-36-11-9-20(10-12-36)18-40-28-8-6-22(17-35-28)21-5-7-26(27(32)16-21)29(38)23-13-24(30(34)39)15-25(37)14-23/h5-8,16-17,20,23-25,37H,3-4,9-15,18-19H2,1-2H3,(H2,34,39)/p-1. The van der Waals surface area contributed by atoms with E-state index < -0.39 is 41.1 Å². The average molecular weight is 557 g/mol. The largest absolute Gasteiger partial charge is 0.862 e. The summed E-state index contributed by atoms with van der Waals surface area (Å²) in [5, 5.41) is 28.9. The van der Waals surface area contributed by atoms with Gasteiger partial charge in [-0.1, -0.05) is 19.9 Å². The summed E-state index contributed by atoms with van der Waals surface area (Å²) in [6.07, 6.45) is 4.19. The van der Waals surface area contributed by atoms with Gasteiger partial charge in [0.15, 0.2) is 5.78 Å². The van der Waals surface area contributed by atoms with E-state index >= 15 is 4.39 Å². The van der Waals surface area contributed by atoms with Gasteiger partial charge >= 0.3 is 0 Å². The van der Waals surface area contributed by atoms with Gasteiger partial charge < -0.3 is 25.3 Å². The maximum atomic E-state index is 15.0. The number of Topliss-reactive ketones (excluding diaryl/α,β-unsaturated/α-hetero) is 1. The van der Waals surface area contributed by atoms with Crippen LogP contribution in [0.15, 0.2) is 36.5 Å². The van der Waals surface area contributed by atoms with Gasteiger partial charge in [0.1, 0.15) is 11.5 Å². The van der Waals surface area contributed by atoms with Crippen LogP contribution in [-0.2, 0) is 0 Å². The summed E-state index contributed by atoms with van der Waals surface area (Å²) < 4.78 is 35.6. The zero-order valence-corrected chi connectivity index (χ0v) is 23.4. The molecule has 2 aromatic rings. The number of aromatic nitrogens is 1. The minimum atomic E-state index is -1.11. The Morgan fingerprint density at radius 1 is 1.12 bits per heavy atom. The Hall–Kier alpha value is -2.91. The molecule has 2 N–H and O–H groups in total. The topological polar surface area (TPSA) is 110 Å². The number of halogens is 2. The number of benzene rings is 1. The molecule has 2 aliphatic rings. The molecule has 1 saturated carbocycles. The van der Waals surface area contributed by atoms with Crippen molar-refractivity contribution in [2.75, 3.05) is 26.2 Å². The molecule has 1 aromatic heterocycles. The SMILES string of the molecule is CCC(F)(CC)CN1CCC(COc2ccc(-c3ccc(C(=O)C4CC(O)CC(C(=N)[O-])C4)c(F)c3)cn2)CC1. The van der Waals surface area contributed by atoms with Crippen LogP contribution in [0.3, 0.4) is 0 Å². The van der Waals surface area contributed by atoms with Crippen molar-refractivity contribution in [1.29, 1.82) is 5.41 Å². The van der Waals surface area contributed by atoms with Crippen molar-refractivity contribution >= 4 is 11.7 Å². The third-order valence-corrected chi connectivity index (χ3v) is 8.68. The summed E-state index contributed by atoms with van der Waals surface area (Å²) in [7, 11) is 0. The molecule has 1 saturated heterocycles. The lowest BCUT2D eigenvalue weighted by molar-refractivity contribution is -0.228. The minimum Gasteiger partial charge on any atom is -0.862 e. The molecule has 3 atom stereocenters. The second kappa shape index (κ2) is 13.2. The van der Waals surface area contributed by atoms with Crippen molar-refractivity contribution < 1.29 is 28.5 Å². The summed E-state index contributed by atoms with van der Waals surface area (Å²) in [4.78, 5) is 19.5. The first-order valence-corrected chi connectivity index (χ1v) is 14.4. The maximum Gasteiger partial charge on any atom is 0.213 e. The molecular formula is C31H40F2N3O4-. The number of hydrogen-bond donors (Lipinski definition) is 2. The molecule has 1 aromatic carbocycles. The van der Waals surface area contributed by atoms with Gasteiger partial charge in [0, 0.05) is 30.3 Å². The highest BCUT2D eigenvalue weighted by atomic mass is 19.1. The molecule has 2 heterocycles. The number of ether oxygens (including phenoxy) is 1. The lowest BCUT2D eigenvalue weighted by Crippen LogP contribution is -2.44. The van der Waals surface area contributed by atoms with Gasteiger partial charge in [-0.3, -0.25) is 4.79 Å². The van der Waals surface area contributed by atoms with Gasteiger partial charge in [-0.25, -0.2) is 13.8 Å². The normalized spacial score (nSPS) is 22.7. The first-order chi connectivity index (χ1) is 19.1. The molecular weight excluding hydrogens is 516 g/mol. The number of ketones is 1. The summed E-state index contributed by atoms with van der Waals surface area (Å²) in [6.45, 7) is 6.56. The number of likely N-dealkylation sites (tertiary alicyclic amines) is 1. The fourth-order valence-corrected chi connectivity index (χ4v) is 5.86. The zero-order chi connectivity index (χ0) is 28.9. The second-order valence-electron chi connectivity index (χ2n) is 11.5. The first kappa shape index (κ1) is 30.1. The van der Waals surface area contributed by atoms with E-state index in [1.165, 1.54) is 12.1 Å². The number of carbonyl (C=O) groups excluding carboxylic acids is 1. The van der Waals surface area contributed by atoms with Crippen molar-refractivity contribution in [3.63, 3.8) is 0 Å². The number of alkyl halides is 1. The summed E-state index contributed by atoms with van der Waals surface area (Å²) in [5.74, 6) is -2.48. The maximum absolute atomic E-state index is 15.0. The number of pyridine rings is 1. The van der Waals surface area contributed by atoms with Crippen LogP contribution in [0.1, 0.15) is 69.2 Å². The lowest BCUT2D eigenvalue weighted by atomic mass is 9.76. The minimum absolute atomic E-state index is 0.0837. The molecule has 0 radical (unpaired) electrons. The number of rotatable bonds is 11. The van der Waals surface area contributed by atoms with Crippen molar-refractivity contribution in [2.24, 2.45) is 17.8 Å². The van der Waals surface area contributed by atoms with Crippen LogP contribution in [0.25, 0.3) is 11.1 Å². The van der Waals surface area contributed by atoms with Crippen LogP contribution in [0.5, 0.6) is 5.88 Å². The Bertz CT molecular complexity index is 1160. The Labute approximate surface area is 235 Å². The number of aliphatic hydroxyl groups is 1. The summed E-state index contributed by atoms with van der Waals surface area (Å²) in [5.41, 5.74) is 0.0412. The van der Waals surface area contributed by atoms with Gasteiger partial charge in [-0.15, -0.1) is 0 Å². The molecule has 218 valence electrons. The molecule has 0 amide bonds. The molecule has 3 unspecified atom stereocenters. The summed E-state index contributed by atoms with van der Waals surface area (Å²) >= 11 is 0. The molecule has 9 heteroatoms. The number of piperidine rings is 1. The van der Waals surface area contributed by atoms with E-state index in [0.717, 1.165) is 25.9 Å². The third kappa shape index (κ3) is 7.43. The van der Waals surface area contributed by atoms with Gasteiger partial charge in [-0.2, -0.15) is 0 Å². The number of hydrogen-bond acceptors (Lipinski definition) is 7. The van der Waals surface area contributed by atoms with E-state index in [1.54, 1.807) is 24.4 Å². The zero-order valence-electron chi connectivity index (χ0n) is 23.4. The number of aliphatic hydroxyl groups excluding tert-OH is 1. The van der Waals surface area contributed by atoms with Crippen LogP contribution in [0.4, 0.5) is 8.78 Å². The van der Waals surface area contributed by atoms with Crippen LogP contribution in [-0.4, -0.2) is 64.7 Å². The van der Waals surface area contributed by atoms with E-state index in [9.17, 15) is 19.4 Å². The van der Waals surface area contributed by atoms with Gasteiger partial charge in [-0.05, 0) is 99.5 Å². The fraction of sp³-hybridized carbons (Fsp3) is 0.581. The van der Waals surface area contributed by atoms with Crippen molar-refractivity contribution in [3.05, 3.63) is 47.9 Å². The second-order valence-corrected chi connectivity index (χ2v) is 11.5. The van der Waals surface area contributed by atoms with Crippen LogP contribution >= 0.6 is 0 Å². The predicted molar refractivity (Wildman–Crippen MR) is 148 cm³/mol. The predicted octanol–water partition coefficient (Wildman–Crippen LogP) is 4.80. The number of carbonyl (C=O) groups is 1. The van der Waals surface area contributed by atoms with Gasteiger partial charge in [0.2, 0.25) is 5.88 Å². The van der Waals surface area contributed by atoms with E-state index in [1.807, 2.05) is 13.8 Å². The fourth-order valence-electron chi connectivity index (χ4n) is 5.86. The highest BCUT2D eigenvalue weighted by Gasteiger charge is 2.34. The lowest BCUT2D eigenvalue weighted by Gasteiger charge is -2.36. The summed E-state index contributed by atoms with van der Waals surface area (Å²) in [6, 6.07) is 7.89. The van der Waals surface area contributed by atoms with E-state index in [-0.39, 0.29) is 24.8 Å². The monoisotopic (exact) mass is 556 g/mol. The van der Waals surface area contributed by atoms with E-state index in [4.69, 9.17) is 10.1 Å². The Kier molecular flexibility index (Phi) is 9.90. The van der Waals surface area contributed by atoms with Gasteiger partial charge in [0.25, 0.3) is 0 Å². The Morgan fingerprint density at radius 3 is 2.40 bits per heavy atom. The molecule has 40 heavy (non-hydrogen) atoms. The average Bonchev–Trinajstić information content (AvgIpc) is 2.96. The van der Waals surface area contributed by atoms with Crippen molar-refractivity contribution in [2.45, 2.75) is 70.6 Å². The van der Waals surface area contributed by atoms with Crippen LogP contribution < -0.4 is 9.84 Å². The van der Waals surface area contributed by atoms with E-state index in [2.05, 4.69) is 9.88 Å². The Balaban J connectivity index is 1.30. The third-order valence-electron chi connectivity index (χ3n) is 8.68. The highest BCUT2D eigenvalue weighted by Crippen LogP contribution is 2.33. The molecule has 1 aliphatic heterocycles. The number of nitrogens with zero attached hydrogens (tertiary/aromatic N) is 2. The van der Waals surface area contributed by atoms with Crippen molar-refractivity contribution in [1.82, 2.24) is 9.88 Å². The Morgan fingerprint density at radius 2 is 1.80 bits per heavy atom. The van der Waals surface area contributed by atoms with Crippen LogP contribution in [0, 0.1) is 29.0 Å². The van der Waals surface area contributed by atoms with Crippen LogP contribution in [0.2, 0.25) is 0 Å². The van der Waals surface area contributed by atoms with Crippen molar-refractivity contribution in [3.8, 4) is 17.0 Å². The highest BCUT2D eigenvalue weighted by molar-refractivity contribution is 5.99. The van der Waals surface area contributed by atoms with E-state index in [0.29, 0.717) is 48.9 Å². The smallest absolute Gasteiger partial charge is 0.213 e. The molecule has 4 rings (SSSR count). The number of nitrogens with one attached hydrogen (secondary N) is 1. The molecule has 2 fully saturated rings. The quantitative estimate of drug-likeness (QED) is 0.234.